The lowest BCUT2D eigenvalue weighted by molar-refractivity contribution is 0.185. The Morgan fingerprint density at radius 2 is 2.21 bits per heavy atom. The molecule has 0 aliphatic rings. The quantitative estimate of drug-likeness (QED) is 0.866. The molecule has 0 amide bonds. The van der Waals surface area contributed by atoms with Gasteiger partial charge in [0.05, 0.1) is 12.3 Å². The zero-order valence-electron chi connectivity index (χ0n) is 11.8. The first-order valence-corrected chi connectivity index (χ1v) is 6.62. The van der Waals surface area contributed by atoms with Crippen LogP contribution in [0.25, 0.3) is 5.69 Å². The molecule has 0 aliphatic carbocycles. The Morgan fingerprint density at radius 1 is 1.37 bits per heavy atom. The second-order valence-electron chi connectivity index (χ2n) is 4.61. The van der Waals surface area contributed by atoms with Crippen molar-refractivity contribution >= 4 is 5.95 Å². The van der Waals surface area contributed by atoms with Gasteiger partial charge in [-0.15, -0.1) is 0 Å². The highest BCUT2D eigenvalue weighted by atomic mass is 16.5. The lowest BCUT2D eigenvalue weighted by atomic mass is 10.2. The van der Waals surface area contributed by atoms with E-state index in [1.54, 1.807) is 7.11 Å². The number of hydrogen-bond acceptors (Lipinski definition) is 3. The highest BCUT2D eigenvalue weighted by Gasteiger charge is 2.07. The van der Waals surface area contributed by atoms with Gasteiger partial charge in [-0.05, 0) is 31.0 Å². The standard InChI is InChI=1S/C15H21N3O/c1-4-8-16-15-17-12(2)10-18(15)14-7-5-6-13(9-14)11-19-3/h5-7,9-10H,4,8,11H2,1-3H3,(H,16,17). The van der Waals surface area contributed by atoms with E-state index in [2.05, 4.69) is 40.0 Å². The van der Waals surface area contributed by atoms with Crippen molar-refractivity contribution in [3.8, 4) is 5.69 Å². The molecule has 4 heteroatoms. The fourth-order valence-electron chi connectivity index (χ4n) is 2.02. The van der Waals surface area contributed by atoms with Gasteiger partial charge in [0.15, 0.2) is 0 Å². The van der Waals surface area contributed by atoms with Gasteiger partial charge in [0, 0.05) is 25.5 Å². The summed E-state index contributed by atoms with van der Waals surface area (Å²) >= 11 is 0. The van der Waals surface area contributed by atoms with Gasteiger partial charge < -0.3 is 10.1 Å². The fraction of sp³-hybridized carbons (Fsp3) is 0.400. The average molecular weight is 259 g/mol. The maximum atomic E-state index is 5.18. The molecule has 0 spiro atoms. The van der Waals surface area contributed by atoms with Crippen LogP contribution in [-0.4, -0.2) is 23.2 Å². The van der Waals surface area contributed by atoms with E-state index in [4.69, 9.17) is 4.74 Å². The summed E-state index contributed by atoms with van der Waals surface area (Å²) in [5, 5.41) is 3.35. The molecule has 2 aromatic rings. The van der Waals surface area contributed by atoms with Crippen LogP contribution in [0.4, 0.5) is 5.95 Å². The maximum Gasteiger partial charge on any atom is 0.207 e. The number of hydrogen-bond donors (Lipinski definition) is 1. The number of benzene rings is 1. The molecule has 4 nitrogen and oxygen atoms in total. The number of ether oxygens (including phenoxy) is 1. The van der Waals surface area contributed by atoms with Gasteiger partial charge in [-0.1, -0.05) is 19.1 Å². The number of nitrogens with one attached hydrogen (secondary N) is 1. The van der Waals surface area contributed by atoms with Crippen LogP contribution in [0.15, 0.2) is 30.5 Å². The Hall–Kier alpha value is -1.81. The van der Waals surface area contributed by atoms with Gasteiger partial charge in [0.25, 0.3) is 0 Å². The molecule has 0 aliphatic heterocycles. The Morgan fingerprint density at radius 3 is 2.95 bits per heavy atom. The first-order valence-electron chi connectivity index (χ1n) is 6.62. The van der Waals surface area contributed by atoms with Crippen molar-refractivity contribution in [2.24, 2.45) is 0 Å². The molecular weight excluding hydrogens is 238 g/mol. The van der Waals surface area contributed by atoms with Gasteiger partial charge in [0.1, 0.15) is 0 Å². The molecule has 1 heterocycles. The van der Waals surface area contributed by atoms with Gasteiger partial charge in [-0.3, -0.25) is 4.57 Å². The molecule has 102 valence electrons. The molecule has 0 unspecified atom stereocenters. The molecule has 2 rings (SSSR count). The molecule has 19 heavy (non-hydrogen) atoms. The van der Waals surface area contributed by atoms with Crippen LogP contribution in [0.5, 0.6) is 0 Å². The third-order valence-corrected chi connectivity index (χ3v) is 2.86. The van der Waals surface area contributed by atoms with Crippen molar-refractivity contribution in [1.82, 2.24) is 9.55 Å². The molecule has 0 atom stereocenters. The van der Waals surface area contributed by atoms with Crippen molar-refractivity contribution in [2.45, 2.75) is 26.9 Å². The van der Waals surface area contributed by atoms with Crippen molar-refractivity contribution in [1.29, 1.82) is 0 Å². The van der Waals surface area contributed by atoms with Crippen molar-refractivity contribution in [3.63, 3.8) is 0 Å². The van der Waals surface area contributed by atoms with E-state index in [0.29, 0.717) is 6.61 Å². The Balaban J connectivity index is 2.32. The predicted molar refractivity (Wildman–Crippen MR) is 77.8 cm³/mol. The minimum Gasteiger partial charge on any atom is -0.380 e. The largest absolute Gasteiger partial charge is 0.380 e. The normalized spacial score (nSPS) is 10.7. The van der Waals surface area contributed by atoms with Crippen molar-refractivity contribution in [3.05, 3.63) is 41.7 Å². The van der Waals surface area contributed by atoms with E-state index in [1.807, 2.05) is 19.2 Å². The average Bonchev–Trinajstić information content (AvgIpc) is 2.78. The summed E-state index contributed by atoms with van der Waals surface area (Å²) in [6.07, 6.45) is 3.12. The highest BCUT2D eigenvalue weighted by Crippen LogP contribution is 2.18. The third kappa shape index (κ3) is 3.35. The summed E-state index contributed by atoms with van der Waals surface area (Å²) in [7, 11) is 1.71. The second-order valence-corrected chi connectivity index (χ2v) is 4.61. The number of nitrogens with zero attached hydrogens (tertiary/aromatic N) is 2. The van der Waals surface area contributed by atoms with Gasteiger partial charge >= 0.3 is 0 Å². The first-order chi connectivity index (χ1) is 9.24. The number of aromatic nitrogens is 2. The van der Waals surface area contributed by atoms with Crippen LogP contribution in [-0.2, 0) is 11.3 Å². The SMILES string of the molecule is CCCNc1nc(C)cn1-c1cccc(COC)c1. The first kappa shape index (κ1) is 13.6. The van der Waals surface area contributed by atoms with Crippen molar-refractivity contribution < 1.29 is 4.74 Å². The van der Waals surface area contributed by atoms with Crippen LogP contribution in [0.1, 0.15) is 24.6 Å². The maximum absolute atomic E-state index is 5.18. The number of rotatable bonds is 6. The smallest absolute Gasteiger partial charge is 0.207 e. The van der Waals surface area contributed by atoms with E-state index in [9.17, 15) is 0 Å². The van der Waals surface area contributed by atoms with Crippen molar-refractivity contribution in [2.75, 3.05) is 19.0 Å². The molecule has 1 aromatic carbocycles. The van der Waals surface area contributed by atoms with E-state index >= 15 is 0 Å². The Kier molecular flexibility index (Phi) is 4.58. The Labute approximate surface area is 114 Å². The Bertz CT molecular complexity index is 534. The summed E-state index contributed by atoms with van der Waals surface area (Å²) < 4.78 is 7.27. The van der Waals surface area contributed by atoms with E-state index in [0.717, 1.165) is 35.9 Å². The minimum absolute atomic E-state index is 0.624. The molecule has 0 saturated heterocycles. The summed E-state index contributed by atoms with van der Waals surface area (Å²) in [6.45, 7) is 5.70. The summed E-state index contributed by atoms with van der Waals surface area (Å²) in [4.78, 5) is 4.52. The third-order valence-electron chi connectivity index (χ3n) is 2.86. The van der Waals surface area contributed by atoms with Crippen LogP contribution in [0.2, 0.25) is 0 Å². The zero-order valence-corrected chi connectivity index (χ0v) is 11.8. The van der Waals surface area contributed by atoms with Crippen LogP contribution in [0, 0.1) is 6.92 Å². The second kappa shape index (κ2) is 6.38. The van der Waals surface area contributed by atoms with Gasteiger partial charge in [-0.2, -0.15) is 0 Å². The summed E-state index contributed by atoms with van der Waals surface area (Å²) in [5.74, 6) is 0.897. The van der Waals surface area contributed by atoms with E-state index < -0.39 is 0 Å². The highest BCUT2D eigenvalue weighted by molar-refractivity contribution is 5.44. The van der Waals surface area contributed by atoms with Crippen LogP contribution in [0.3, 0.4) is 0 Å². The lowest BCUT2D eigenvalue weighted by Gasteiger charge is -2.10. The molecule has 0 radical (unpaired) electrons. The zero-order chi connectivity index (χ0) is 13.7. The molecule has 0 bridgehead atoms. The van der Waals surface area contributed by atoms with E-state index in [1.165, 1.54) is 0 Å². The summed E-state index contributed by atoms with van der Waals surface area (Å²) in [6, 6.07) is 8.32. The van der Waals surface area contributed by atoms with Gasteiger partial charge in [0.2, 0.25) is 5.95 Å². The number of aryl methyl sites for hydroxylation is 1. The molecule has 1 aromatic heterocycles. The molecule has 0 fully saturated rings. The molecule has 0 saturated carbocycles. The predicted octanol–water partition coefficient (Wildman–Crippen LogP) is 3.15. The number of methoxy groups -OCH3 is 1. The lowest BCUT2D eigenvalue weighted by Crippen LogP contribution is -2.06. The molecular formula is C15H21N3O. The van der Waals surface area contributed by atoms with E-state index in [-0.39, 0.29) is 0 Å². The van der Waals surface area contributed by atoms with Crippen LogP contribution < -0.4 is 5.32 Å². The summed E-state index contributed by atoms with van der Waals surface area (Å²) in [5.41, 5.74) is 3.28. The molecule has 1 N–H and O–H groups in total. The monoisotopic (exact) mass is 259 g/mol. The number of anilines is 1. The fourth-order valence-corrected chi connectivity index (χ4v) is 2.02. The van der Waals surface area contributed by atoms with Crippen LogP contribution >= 0.6 is 0 Å². The van der Waals surface area contributed by atoms with Gasteiger partial charge in [-0.25, -0.2) is 4.98 Å². The number of imidazole rings is 1. The topological polar surface area (TPSA) is 39.1 Å². The minimum atomic E-state index is 0.624.